The van der Waals surface area contributed by atoms with Crippen molar-refractivity contribution in [1.82, 2.24) is 0 Å². The maximum atomic E-state index is 11.8. The summed E-state index contributed by atoms with van der Waals surface area (Å²) in [6.07, 6.45) is 6.04. The van der Waals surface area contributed by atoms with Crippen LogP contribution in [0.1, 0.15) is 73.1 Å². The van der Waals surface area contributed by atoms with Crippen LogP contribution in [-0.4, -0.2) is 25.2 Å². The first kappa shape index (κ1) is 18.2. The molecule has 1 rings (SSSR count). The minimum atomic E-state index is -0.348. The van der Waals surface area contributed by atoms with Crippen LogP contribution in [0.4, 0.5) is 0 Å². The third-order valence-electron chi connectivity index (χ3n) is 3.32. The molecule has 4 nitrogen and oxygen atoms in total. The van der Waals surface area contributed by atoms with Gasteiger partial charge in [-0.05, 0) is 37.1 Å². The van der Waals surface area contributed by atoms with E-state index in [1.54, 1.807) is 24.3 Å². The molecule has 0 saturated heterocycles. The van der Waals surface area contributed by atoms with E-state index >= 15 is 0 Å². The van der Waals surface area contributed by atoms with Crippen LogP contribution >= 0.6 is 0 Å². The Labute approximate surface area is 132 Å². The fourth-order valence-corrected chi connectivity index (χ4v) is 1.94. The number of unbranched alkanes of at least 4 members (excludes halogenated alkanes) is 4. The van der Waals surface area contributed by atoms with Crippen LogP contribution in [0.15, 0.2) is 24.3 Å². The molecule has 0 saturated carbocycles. The second-order valence-electron chi connectivity index (χ2n) is 5.26. The van der Waals surface area contributed by atoms with Crippen molar-refractivity contribution in [3.05, 3.63) is 35.4 Å². The fraction of sp³-hybridized carbons (Fsp3) is 0.556. The highest BCUT2D eigenvalue weighted by Crippen LogP contribution is 2.09. The first-order valence-electron chi connectivity index (χ1n) is 8.13. The minimum absolute atomic E-state index is 0.348. The monoisotopic (exact) mass is 306 g/mol. The summed E-state index contributed by atoms with van der Waals surface area (Å²) < 4.78 is 10.3. The van der Waals surface area contributed by atoms with Crippen molar-refractivity contribution in [2.45, 2.75) is 52.4 Å². The largest absolute Gasteiger partial charge is 0.462 e. The Balaban J connectivity index is 2.41. The molecular weight excluding hydrogens is 280 g/mol. The normalized spacial score (nSPS) is 10.3. The van der Waals surface area contributed by atoms with Crippen molar-refractivity contribution in [3.63, 3.8) is 0 Å². The lowest BCUT2D eigenvalue weighted by Crippen LogP contribution is -2.09. The number of ether oxygens (including phenoxy) is 2. The number of hydrogen-bond acceptors (Lipinski definition) is 4. The van der Waals surface area contributed by atoms with Crippen molar-refractivity contribution in [2.24, 2.45) is 0 Å². The zero-order valence-electron chi connectivity index (χ0n) is 13.6. The van der Waals surface area contributed by atoms with Crippen LogP contribution in [-0.2, 0) is 9.47 Å². The van der Waals surface area contributed by atoms with Crippen LogP contribution in [0.2, 0.25) is 0 Å². The molecule has 122 valence electrons. The topological polar surface area (TPSA) is 52.6 Å². The first-order valence-corrected chi connectivity index (χ1v) is 8.13. The van der Waals surface area contributed by atoms with E-state index < -0.39 is 0 Å². The molecule has 0 aliphatic rings. The standard InChI is InChI=1S/C18H26O4/c1-3-5-7-13-21-17(19)15-9-11-16(12-10-15)18(20)22-14-8-6-4-2/h9-12H,3-8,13-14H2,1-2H3. The summed E-state index contributed by atoms with van der Waals surface area (Å²) in [6.45, 7) is 5.07. The molecule has 0 fully saturated rings. The van der Waals surface area contributed by atoms with Gasteiger partial charge in [0, 0.05) is 0 Å². The third kappa shape index (κ3) is 6.74. The maximum absolute atomic E-state index is 11.8. The summed E-state index contributed by atoms with van der Waals surface area (Å²) in [4.78, 5) is 23.6. The number of esters is 2. The van der Waals surface area contributed by atoms with Crippen LogP contribution in [0.25, 0.3) is 0 Å². The molecule has 1 aromatic carbocycles. The second kappa shape index (κ2) is 10.8. The summed E-state index contributed by atoms with van der Waals surface area (Å²) in [5.74, 6) is -0.696. The quantitative estimate of drug-likeness (QED) is 0.475. The molecular formula is C18H26O4. The summed E-state index contributed by atoms with van der Waals surface area (Å²) in [5, 5.41) is 0. The van der Waals surface area contributed by atoms with Gasteiger partial charge in [0.25, 0.3) is 0 Å². The number of benzene rings is 1. The van der Waals surface area contributed by atoms with E-state index in [9.17, 15) is 9.59 Å². The number of hydrogen-bond donors (Lipinski definition) is 0. The molecule has 0 heterocycles. The van der Waals surface area contributed by atoms with Gasteiger partial charge in [0.15, 0.2) is 0 Å². The second-order valence-corrected chi connectivity index (χ2v) is 5.26. The molecule has 22 heavy (non-hydrogen) atoms. The molecule has 0 N–H and O–H groups in total. The van der Waals surface area contributed by atoms with E-state index in [1.807, 2.05) is 0 Å². The lowest BCUT2D eigenvalue weighted by Gasteiger charge is -2.06. The SMILES string of the molecule is CCCCCOC(=O)c1ccc(C(=O)OCCCCC)cc1. The summed E-state index contributed by atoms with van der Waals surface area (Å²) in [6, 6.07) is 6.41. The van der Waals surface area contributed by atoms with Gasteiger partial charge >= 0.3 is 11.9 Å². The van der Waals surface area contributed by atoms with Gasteiger partial charge in [0.05, 0.1) is 24.3 Å². The smallest absolute Gasteiger partial charge is 0.338 e. The Morgan fingerprint density at radius 2 is 1.09 bits per heavy atom. The predicted molar refractivity (Wildman–Crippen MR) is 86.1 cm³/mol. The fourth-order valence-electron chi connectivity index (χ4n) is 1.94. The van der Waals surface area contributed by atoms with Gasteiger partial charge in [0.1, 0.15) is 0 Å². The highest BCUT2D eigenvalue weighted by molar-refractivity contribution is 5.93. The van der Waals surface area contributed by atoms with Crippen molar-refractivity contribution in [2.75, 3.05) is 13.2 Å². The van der Waals surface area contributed by atoms with Gasteiger partial charge in [-0.1, -0.05) is 39.5 Å². The molecule has 0 radical (unpaired) electrons. The third-order valence-corrected chi connectivity index (χ3v) is 3.32. The maximum Gasteiger partial charge on any atom is 0.338 e. The Morgan fingerprint density at radius 1 is 0.727 bits per heavy atom. The zero-order valence-corrected chi connectivity index (χ0v) is 13.6. The van der Waals surface area contributed by atoms with E-state index in [-0.39, 0.29) is 11.9 Å². The number of carbonyl (C=O) groups excluding carboxylic acids is 2. The molecule has 0 amide bonds. The Kier molecular flexibility index (Phi) is 8.96. The molecule has 0 aliphatic heterocycles. The highest BCUT2D eigenvalue weighted by Gasteiger charge is 2.10. The van der Waals surface area contributed by atoms with Crippen LogP contribution < -0.4 is 0 Å². The zero-order chi connectivity index (χ0) is 16.2. The number of carbonyl (C=O) groups is 2. The summed E-state index contributed by atoms with van der Waals surface area (Å²) in [7, 11) is 0. The lowest BCUT2D eigenvalue weighted by atomic mass is 10.1. The van der Waals surface area contributed by atoms with Crippen LogP contribution in [0.5, 0.6) is 0 Å². The van der Waals surface area contributed by atoms with Gasteiger partial charge in [-0.3, -0.25) is 0 Å². The van der Waals surface area contributed by atoms with Crippen LogP contribution in [0.3, 0.4) is 0 Å². The van der Waals surface area contributed by atoms with Gasteiger partial charge in [-0.15, -0.1) is 0 Å². The molecule has 0 atom stereocenters. The Morgan fingerprint density at radius 3 is 1.41 bits per heavy atom. The molecule has 0 aromatic heterocycles. The van der Waals surface area contributed by atoms with E-state index in [4.69, 9.17) is 9.47 Å². The van der Waals surface area contributed by atoms with E-state index in [0.29, 0.717) is 24.3 Å². The van der Waals surface area contributed by atoms with E-state index in [0.717, 1.165) is 38.5 Å². The van der Waals surface area contributed by atoms with Gasteiger partial charge in [-0.2, -0.15) is 0 Å². The lowest BCUT2D eigenvalue weighted by molar-refractivity contribution is 0.0483. The average molecular weight is 306 g/mol. The van der Waals surface area contributed by atoms with Crippen LogP contribution in [0, 0.1) is 0 Å². The van der Waals surface area contributed by atoms with Gasteiger partial charge in [-0.25, -0.2) is 9.59 Å². The predicted octanol–water partition coefficient (Wildman–Crippen LogP) is 4.38. The molecule has 0 spiro atoms. The minimum Gasteiger partial charge on any atom is -0.462 e. The Hall–Kier alpha value is -1.84. The molecule has 0 bridgehead atoms. The van der Waals surface area contributed by atoms with Crippen molar-refractivity contribution < 1.29 is 19.1 Å². The van der Waals surface area contributed by atoms with Gasteiger partial charge < -0.3 is 9.47 Å². The van der Waals surface area contributed by atoms with Crippen molar-refractivity contribution in [1.29, 1.82) is 0 Å². The summed E-state index contributed by atoms with van der Waals surface area (Å²) >= 11 is 0. The van der Waals surface area contributed by atoms with E-state index in [2.05, 4.69) is 13.8 Å². The van der Waals surface area contributed by atoms with E-state index in [1.165, 1.54) is 0 Å². The van der Waals surface area contributed by atoms with Crippen molar-refractivity contribution >= 4 is 11.9 Å². The summed E-state index contributed by atoms with van der Waals surface area (Å²) in [5.41, 5.74) is 0.915. The molecule has 1 aromatic rings. The first-order chi connectivity index (χ1) is 10.7. The van der Waals surface area contributed by atoms with Crippen molar-refractivity contribution in [3.8, 4) is 0 Å². The molecule has 4 heteroatoms. The number of rotatable bonds is 10. The van der Waals surface area contributed by atoms with Gasteiger partial charge in [0.2, 0.25) is 0 Å². The Bertz CT molecular complexity index is 408. The highest BCUT2D eigenvalue weighted by atomic mass is 16.5. The molecule has 0 unspecified atom stereocenters. The average Bonchev–Trinajstić information content (AvgIpc) is 2.55. The molecule has 0 aliphatic carbocycles.